The van der Waals surface area contributed by atoms with Crippen LogP contribution in [0, 0.1) is 0 Å². The number of aliphatic carboxylic acids is 1. The Morgan fingerprint density at radius 1 is 1.53 bits per heavy atom. The summed E-state index contributed by atoms with van der Waals surface area (Å²) in [5.74, 6) is -1.11. The van der Waals surface area contributed by atoms with Crippen molar-refractivity contribution in [1.29, 1.82) is 0 Å². The number of carboxylic acids is 1. The maximum Gasteiger partial charge on any atom is 0.410 e. The van der Waals surface area contributed by atoms with E-state index < -0.39 is 24.2 Å². The van der Waals surface area contributed by atoms with E-state index in [1.165, 1.54) is 0 Å². The smallest absolute Gasteiger partial charge is 0.410 e. The van der Waals surface area contributed by atoms with Gasteiger partial charge in [0.25, 0.3) is 0 Å². The summed E-state index contributed by atoms with van der Waals surface area (Å²) < 4.78 is 4.74. The third-order valence-electron chi connectivity index (χ3n) is 2.36. The van der Waals surface area contributed by atoms with Crippen LogP contribution in [0.5, 0.6) is 0 Å². The lowest BCUT2D eigenvalue weighted by Crippen LogP contribution is -2.51. The monoisotopic (exact) mass is 217 g/mol. The van der Waals surface area contributed by atoms with Crippen molar-refractivity contribution < 1.29 is 24.5 Å². The summed E-state index contributed by atoms with van der Waals surface area (Å²) in [6, 6.07) is -0.979. The number of ether oxygens (including phenoxy) is 1. The average Bonchev–Trinajstić information content (AvgIpc) is 2.17. The van der Waals surface area contributed by atoms with Gasteiger partial charge in [-0.15, -0.1) is 0 Å². The fourth-order valence-electron chi connectivity index (χ4n) is 1.61. The first-order valence-electron chi connectivity index (χ1n) is 4.90. The Bertz CT molecular complexity index is 255. The molecule has 0 aromatic heterocycles. The Balaban J connectivity index is 2.68. The topological polar surface area (TPSA) is 87.1 Å². The normalized spacial score (nSPS) is 26.1. The lowest BCUT2D eigenvalue weighted by Gasteiger charge is -2.34. The minimum atomic E-state index is -1.11. The van der Waals surface area contributed by atoms with Crippen LogP contribution in [0.4, 0.5) is 4.79 Å². The number of piperidine rings is 1. The van der Waals surface area contributed by atoms with E-state index in [2.05, 4.69) is 0 Å². The van der Waals surface area contributed by atoms with Crippen molar-refractivity contribution in [3.63, 3.8) is 0 Å². The molecule has 0 saturated carbocycles. The predicted octanol–water partition coefficient (Wildman–Crippen LogP) is 0.0528. The first kappa shape index (κ1) is 11.8. The molecule has 0 aromatic carbocycles. The second-order valence-electron chi connectivity index (χ2n) is 3.42. The Morgan fingerprint density at radius 3 is 2.73 bits per heavy atom. The molecule has 86 valence electrons. The highest BCUT2D eigenvalue weighted by atomic mass is 16.6. The fraction of sp³-hybridized carbons (Fsp3) is 0.778. The summed E-state index contributed by atoms with van der Waals surface area (Å²) in [5.41, 5.74) is 0. The Morgan fingerprint density at radius 2 is 2.20 bits per heavy atom. The molecule has 2 atom stereocenters. The number of carbonyl (C=O) groups excluding carboxylic acids is 1. The van der Waals surface area contributed by atoms with Gasteiger partial charge >= 0.3 is 12.1 Å². The highest BCUT2D eigenvalue weighted by molar-refractivity contribution is 5.80. The zero-order valence-corrected chi connectivity index (χ0v) is 8.55. The summed E-state index contributed by atoms with van der Waals surface area (Å²) in [4.78, 5) is 23.4. The summed E-state index contributed by atoms with van der Waals surface area (Å²) in [6.45, 7) is 2.09. The second kappa shape index (κ2) is 4.97. The van der Waals surface area contributed by atoms with Crippen molar-refractivity contribution in [1.82, 2.24) is 4.90 Å². The van der Waals surface area contributed by atoms with E-state index in [9.17, 15) is 14.7 Å². The molecule has 1 fully saturated rings. The molecule has 0 aromatic rings. The minimum Gasteiger partial charge on any atom is -0.480 e. The molecule has 1 rings (SSSR count). The first-order chi connectivity index (χ1) is 7.06. The predicted molar refractivity (Wildman–Crippen MR) is 50.4 cm³/mol. The standard InChI is InChI=1S/C9H15NO5/c1-2-15-9(14)10-4-3-6(11)5-7(10)8(12)13/h6-7,11H,2-5H2,1H3,(H,12,13). The molecule has 0 aliphatic carbocycles. The van der Waals surface area contributed by atoms with E-state index in [0.717, 1.165) is 4.90 Å². The summed E-state index contributed by atoms with van der Waals surface area (Å²) in [7, 11) is 0. The maximum atomic E-state index is 11.4. The number of carboxylic acid groups (broad SMARTS) is 1. The van der Waals surface area contributed by atoms with Crippen molar-refractivity contribution >= 4 is 12.1 Å². The van der Waals surface area contributed by atoms with Crippen LogP contribution in [0.2, 0.25) is 0 Å². The largest absolute Gasteiger partial charge is 0.480 e. The lowest BCUT2D eigenvalue weighted by molar-refractivity contribution is -0.145. The molecule has 1 aliphatic rings. The van der Waals surface area contributed by atoms with Gasteiger partial charge < -0.3 is 14.9 Å². The number of carbonyl (C=O) groups is 2. The van der Waals surface area contributed by atoms with Gasteiger partial charge in [0.2, 0.25) is 0 Å². The van der Waals surface area contributed by atoms with Gasteiger partial charge in [-0.3, -0.25) is 4.90 Å². The van der Waals surface area contributed by atoms with Crippen molar-refractivity contribution in [3.05, 3.63) is 0 Å². The van der Waals surface area contributed by atoms with Crippen LogP contribution < -0.4 is 0 Å². The molecular weight excluding hydrogens is 202 g/mol. The van der Waals surface area contributed by atoms with Crippen LogP contribution in [0.3, 0.4) is 0 Å². The van der Waals surface area contributed by atoms with Gasteiger partial charge in [-0.2, -0.15) is 0 Å². The molecule has 15 heavy (non-hydrogen) atoms. The van der Waals surface area contributed by atoms with E-state index >= 15 is 0 Å². The number of rotatable bonds is 2. The first-order valence-corrected chi connectivity index (χ1v) is 4.90. The molecule has 1 aliphatic heterocycles. The molecule has 1 saturated heterocycles. The van der Waals surface area contributed by atoms with E-state index in [0.29, 0.717) is 6.42 Å². The highest BCUT2D eigenvalue weighted by Gasteiger charge is 2.36. The van der Waals surface area contributed by atoms with Gasteiger partial charge in [-0.05, 0) is 13.3 Å². The number of likely N-dealkylation sites (tertiary alicyclic amines) is 1. The van der Waals surface area contributed by atoms with E-state index in [-0.39, 0.29) is 19.6 Å². The Labute approximate surface area is 87.4 Å². The zero-order chi connectivity index (χ0) is 11.4. The highest BCUT2D eigenvalue weighted by Crippen LogP contribution is 2.18. The third-order valence-corrected chi connectivity index (χ3v) is 2.36. The van der Waals surface area contributed by atoms with Crippen LogP contribution in [0.1, 0.15) is 19.8 Å². The number of amides is 1. The van der Waals surface area contributed by atoms with E-state index in [4.69, 9.17) is 9.84 Å². The van der Waals surface area contributed by atoms with Crippen LogP contribution in [-0.2, 0) is 9.53 Å². The lowest BCUT2D eigenvalue weighted by atomic mass is 10.0. The molecule has 0 spiro atoms. The second-order valence-corrected chi connectivity index (χ2v) is 3.42. The molecule has 2 unspecified atom stereocenters. The SMILES string of the molecule is CCOC(=O)N1CCC(O)CC1C(=O)O. The summed E-state index contributed by atoms with van der Waals surface area (Å²) in [6.07, 6.45) is -0.829. The van der Waals surface area contributed by atoms with Crippen molar-refractivity contribution in [2.45, 2.75) is 31.9 Å². The quantitative estimate of drug-likeness (QED) is 0.682. The van der Waals surface area contributed by atoms with Gasteiger partial charge in [-0.25, -0.2) is 9.59 Å². The minimum absolute atomic E-state index is 0.0636. The van der Waals surface area contributed by atoms with Crippen LogP contribution in [0.25, 0.3) is 0 Å². The zero-order valence-electron chi connectivity index (χ0n) is 8.55. The van der Waals surface area contributed by atoms with Gasteiger partial charge in [0.15, 0.2) is 0 Å². The summed E-state index contributed by atoms with van der Waals surface area (Å²) >= 11 is 0. The molecule has 1 heterocycles. The third kappa shape index (κ3) is 2.82. The number of hydrogen-bond donors (Lipinski definition) is 2. The Hall–Kier alpha value is -1.30. The summed E-state index contributed by atoms with van der Waals surface area (Å²) in [5, 5.41) is 18.2. The van der Waals surface area contributed by atoms with Gasteiger partial charge in [0.05, 0.1) is 12.7 Å². The number of aliphatic hydroxyl groups excluding tert-OH is 1. The molecule has 0 radical (unpaired) electrons. The van der Waals surface area contributed by atoms with Crippen LogP contribution in [-0.4, -0.2) is 52.5 Å². The molecule has 2 N–H and O–H groups in total. The maximum absolute atomic E-state index is 11.4. The Kier molecular flexibility index (Phi) is 3.90. The van der Waals surface area contributed by atoms with E-state index in [1.807, 2.05) is 0 Å². The number of hydrogen-bond acceptors (Lipinski definition) is 4. The van der Waals surface area contributed by atoms with Crippen LogP contribution in [0.15, 0.2) is 0 Å². The molecule has 1 amide bonds. The van der Waals surface area contributed by atoms with Crippen molar-refractivity contribution in [2.24, 2.45) is 0 Å². The van der Waals surface area contributed by atoms with Gasteiger partial charge in [0, 0.05) is 13.0 Å². The van der Waals surface area contributed by atoms with Gasteiger partial charge in [0.1, 0.15) is 6.04 Å². The average molecular weight is 217 g/mol. The molecular formula is C9H15NO5. The van der Waals surface area contributed by atoms with Crippen molar-refractivity contribution in [3.8, 4) is 0 Å². The fourth-order valence-corrected chi connectivity index (χ4v) is 1.61. The number of nitrogens with zero attached hydrogens (tertiary/aromatic N) is 1. The molecule has 6 nitrogen and oxygen atoms in total. The van der Waals surface area contributed by atoms with Crippen LogP contribution >= 0.6 is 0 Å². The molecule has 0 bridgehead atoms. The number of aliphatic hydroxyl groups is 1. The van der Waals surface area contributed by atoms with E-state index in [1.54, 1.807) is 6.92 Å². The van der Waals surface area contributed by atoms with Gasteiger partial charge in [-0.1, -0.05) is 0 Å². The van der Waals surface area contributed by atoms with Crippen molar-refractivity contribution in [2.75, 3.05) is 13.2 Å². The molecule has 6 heteroatoms.